The predicted molar refractivity (Wildman–Crippen MR) is 106 cm³/mol. The van der Waals surface area contributed by atoms with Gasteiger partial charge in [0.1, 0.15) is 17.6 Å². The Morgan fingerprint density at radius 2 is 2.00 bits per heavy atom. The molecule has 0 bridgehead atoms. The summed E-state index contributed by atoms with van der Waals surface area (Å²) in [5.74, 6) is 0.604. The highest BCUT2D eigenvalue weighted by Crippen LogP contribution is 2.30. The van der Waals surface area contributed by atoms with Crippen molar-refractivity contribution in [2.75, 3.05) is 25.0 Å². The van der Waals surface area contributed by atoms with Gasteiger partial charge in [-0.1, -0.05) is 23.2 Å². The Bertz CT molecular complexity index is 1070. The fourth-order valence-corrected chi connectivity index (χ4v) is 3.09. The van der Waals surface area contributed by atoms with Crippen LogP contribution in [0.25, 0.3) is 16.8 Å². The molecule has 3 aromatic heterocycles. The number of carbonyl (C=O) groups excluding carboxylic acids is 1. The van der Waals surface area contributed by atoms with Gasteiger partial charge in [-0.3, -0.25) is 4.40 Å². The van der Waals surface area contributed by atoms with Crippen LogP contribution in [0.5, 0.6) is 0 Å². The summed E-state index contributed by atoms with van der Waals surface area (Å²) < 4.78 is 7.33. The Morgan fingerprint density at radius 3 is 2.68 bits per heavy atom. The minimum Gasteiger partial charge on any atom is -0.442 e. The predicted octanol–water partition coefficient (Wildman–Crippen LogP) is 3.03. The highest BCUT2D eigenvalue weighted by molar-refractivity contribution is 6.41. The first kappa shape index (κ1) is 18.9. The molecule has 3 aromatic rings. The van der Waals surface area contributed by atoms with Crippen LogP contribution in [0.2, 0.25) is 10.2 Å². The first-order valence-corrected chi connectivity index (χ1v) is 9.45. The van der Waals surface area contributed by atoms with Crippen molar-refractivity contribution in [2.24, 2.45) is 0 Å². The molecule has 1 amide bonds. The summed E-state index contributed by atoms with van der Waals surface area (Å²) in [5, 5.41) is 8.64. The van der Waals surface area contributed by atoms with Gasteiger partial charge in [-0.05, 0) is 26.8 Å². The third-order valence-electron chi connectivity index (χ3n) is 4.81. The topological polar surface area (TPSA) is 88.8 Å². The Labute approximate surface area is 171 Å². The third-order valence-corrected chi connectivity index (χ3v) is 5.48. The highest BCUT2D eigenvalue weighted by Gasteiger charge is 2.35. The Balaban J connectivity index is 1.57. The number of pyridine rings is 1. The summed E-state index contributed by atoms with van der Waals surface area (Å²) in [6.45, 7) is 6.87. The molecule has 1 fully saturated rings. The summed E-state index contributed by atoms with van der Waals surface area (Å²) in [6, 6.07) is 1.68. The molecule has 1 aliphatic heterocycles. The van der Waals surface area contributed by atoms with Crippen LogP contribution in [0.1, 0.15) is 20.8 Å². The lowest BCUT2D eigenvalue weighted by Gasteiger charge is -2.41. The molecule has 28 heavy (non-hydrogen) atoms. The fourth-order valence-electron chi connectivity index (χ4n) is 2.81. The number of fused-ring (bicyclic) bond motifs is 3. The number of anilines is 1. The van der Waals surface area contributed by atoms with Gasteiger partial charge in [-0.25, -0.2) is 14.8 Å². The Morgan fingerprint density at radius 1 is 1.29 bits per heavy atom. The number of carbonyl (C=O) groups is 1. The fraction of sp³-hybridized carbons (Fsp3) is 0.471. The van der Waals surface area contributed by atoms with Gasteiger partial charge in [0.05, 0.1) is 23.6 Å². The van der Waals surface area contributed by atoms with Crippen LogP contribution in [0, 0.1) is 0 Å². The molecule has 4 heterocycles. The maximum atomic E-state index is 12.3. The van der Waals surface area contributed by atoms with Crippen LogP contribution >= 0.6 is 23.2 Å². The van der Waals surface area contributed by atoms with Gasteiger partial charge in [0.25, 0.3) is 0 Å². The van der Waals surface area contributed by atoms with Gasteiger partial charge in [0, 0.05) is 12.6 Å². The van der Waals surface area contributed by atoms with Gasteiger partial charge < -0.3 is 14.5 Å². The lowest BCUT2D eigenvalue weighted by Crippen LogP contribution is -2.55. The van der Waals surface area contributed by atoms with Crippen LogP contribution in [-0.2, 0) is 4.74 Å². The second-order valence-electron chi connectivity index (χ2n) is 7.70. The summed E-state index contributed by atoms with van der Waals surface area (Å²) in [7, 11) is 1.73. The Hall–Kier alpha value is -2.39. The van der Waals surface area contributed by atoms with Crippen LogP contribution < -0.4 is 4.90 Å². The zero-order chi connectivity index (χ0) is 20.2. The smallest absolute Gasteiger partial charge is 0.410 e. The molecule has 4 rings (SSSR count). The van der Waals surface area contributed by atoms with Crippen LogP contribution in [0.15, 0.2) is 12.4 Å². The number of nitrogens with zero attached hydrogens (tertiary/aromatic N) is 7. The molecule has 0 N–H and O–H groups in total. The SMILES string of the molecule is CN(C(=O)OC1CN(c2nc3nc(Cl)c(Cl)cc3n3cnnc23)C1)C(C)(C)C. The number of ether oxygens (including phenoxy) is 1. The molecular weight excluding hydrogens is 405 g/mol. The van der Waals surface area contributed by atoms with E-state index in [9.17, 15) is 4.79 Å². The molecule has 0 aromatic carbocycles. The molecule has 0 aliphatic carbocycles. The number of amides is 1. The Kier molecular flexibility index (Phi) is 4.46. The van der Waals surface area contributed by atoms with E-state index in [1.807, 2.05) is 25.7 Å². The molecule has 1 aliphatic rings. The summed E-state index contributed by atoms with van der Waals surface area (Å²) in [6.07, 6.45) is 1.00. The van der Waals surface area contributed by atoms with E-state index in [0.29, 0.717) is 40.7 Å². The van der Waals surface area contributed by atoms with E-state index < -0.39 is 0 Å². The molecule has 1 saturated heterocycles. The van der Waals surface area contributed by atoms with Crippen molar-refractivity contribution in [3.05, 3.63) is 22.6 Å². The first-order valence-electron chi connectivity index (χ1n) is 8.70. The monoisotopic (exact) mass is 423 g/mol. The van der Waals surface area contributed by atoms with E-state index in [2.05, 4.69) is 20.2 Å². The van der Waals surface area contributed by atoms with Crippen molar-refractivity contribution < 1.29 is 9.53 Å². The molecular formula is C17H19Cl2N7O2. The van der Waals surface area contributed by atoms with Gasteiger partial charge in [0.2, 0.25) is 5.65 Å². The van der Waals surface area contributed by atoms with Crippen LogP contribution in [0.4, 0.5) is 10.6 Å². The average Bonchev–Trinajstić information content (AvgIpc) is 3.07. The number of rotatable bonds is 2. The van der Waals surface area contributed by atoms with Gasteiger partial charge >= 0.3 is 6.09 Å². The van der Waals surface area contributed by atoms with E-state index >= 15 is 0 Å². The zero-order valence-corrected chi connectivity index (χ0v) is 17.4. The molecule has 0 spiro atoms. The summed E-state index contributed by atoms with van der Waals surface area (Å²) >= 11 is 12.1. The van der Waals surface area contributed by atoms with Crippen molar-refractivity contribution >= 4 is 51.9 Å². The zero-order valence-electron chi connectivity index (χ0n) is 15.8. The molecule has 0 saturated carbocycles. The number of hydrogen-bond acceptors (Lipinski definition) is 7. The maximum absolute atomic E-state index is 12.3. The minimum absolute atomic E-state index is 0.181. The maximum Gasteiger partial charge on any atom is 0.410 e. The quantitative estimate of drug-likeness (QED) is 0.585. The van der Waals surface area contributed by atoms with Crippen molar-refractivity contribution in [2.45, 2.75) is 32.4 Å². The van der Waals surface area contributed by atoms with E-state index in [1.165, 1.54) is 0 Å². The number of aromatic nitrogens is 5. The molecule has 11 heteroatoms. The lowest BCUT2D eigenvalue weighted by molar-refractivity contribution is 0.0365. The second kappa shape index (κ2) is 6.59. The molecule has 9 nitrogen and oxygen atoms in total. The first-order chi connectivity index (χ1) is 13.1. The van der Waals surface area contributed by atoms with Crippen LogP contribution in [0.3, 0.4) is 0 Å². The van der Waals surface area contributed by atoms with Crippen molar-refractivity contribution in [1.29, 1.82) is 0 Å². The standard InChI is InChI=1S/C17H19Cl2N7O2/c1-17(2,3)24(4)16(27)28-9-6-25(7-9)14-15-23-20-8-26(15)11-5-10(18)12(19)21-13(11)22-14/h5,8-9H,6-7H2,1-4H3. The van der Waals surface area contributed by atoms with E-state index in [-0.39, 0.29) is 22.9 Å². The molecule has 0 unspecified atom stereocenters. The number of hydrogen-bond donors (Lipinski definition) is 0. The number of halogens is 2. The summed E-state index contributed by atoms with van der Waals surface area (Å²) in [4.78, 5) is 24.6. The van der Waals surface area contributed by atoms with Crippen molar-refractivity contribution in [1.82, 2.24) is 29.5 Å². The molecule has 0 atom stereocenters. The normalized spacial score (nSPS) is 15.1. The van der Waals surface area contributed by atoms with Gasteiger partial charge in [-0.15, -0.1) is 10.2 Å². The molecule has 148 valence electrons. The van der Waals surface area contributed by atoms with Crippen molar-refractivity contribution in [3.8, 4) is 0 Å². The van der Waals surface area contributed by atoms with E-state index in [1.54, 1.807) is 28.7 Å². The second-order valence-corrected chi connectivity index (χ2v) is 8.47. The van der Waals surface area contributed by atoms with Gasteiger partial charge in [0.15, 0.2) is 11.5 Å². The van der Waals surface area contributed by atoms with E-state index in [0.717, 1.165) is 0 Å². The summed E-state index contributed by atoms with van der Waals surface area (Å²) in [5.41, 5.74) is 1.36. The third kappa shape index (κ3) is 3.18. The lowest BCUT2D eigenvalue weighted by atomic mass is 10.1. The largest absolute Gasteiger partial charge is 0.442 e. The van der Waals surface area contributed by atoms with E-state index in [4.69, 9.17) is 27.9 Å². The molecule has 0 radical (unpaired) electrons. The van der Waals surface area contributed by atoms with Crippen molar-refractivity contribution in [3.63, 3.8) is 0 Å². The highest BCUT2D eigenvalue weighted by atomic mass is 35.5. The minimum atomic E-state index is -0.348. The van der Waals surface area contributed by atoms with Crippen LogP contribution in [-0.4, -0.2) is 67.3 Å². The van der Waals surface area contributed by atoms with Gasteiger partial charge in [-0.2, -0.15) is 0 Å². The average molecular weight is 424 g/mol.